The quantitative estimate of drug-likeness (QED) is 0.0407. The Bertz CT molecular complexity index is 7510. The highest BCUT2D eigenvalue weighted by Gasteiger charge is 2.68. The van der Waals surface area contributed by atoms with Crippen molar-refractivity contribution in [2.45, 2.75) is 153 Å². The number of hydrogen-bond donors (Lipinski definition) is 0. The van der Waals surface area contributed by atoms with Crippen LogP contribution >= 0.6 is 0 Å². The van der Waals surface area contributed by atoms with Crippen molar-refractivity contribution in [2.24, 2.45) is 0 Å². The van der Waals surface area contributed by atoms with Crippen molar-refractivity contribution < 1.29 is 9.53 Å². The van der Waals surface area contributed by atoms with E-state index in [9.17, 15) is 0 Å². The van der Waals surface area contributed by atoms with Crippen molar-refractivity contribution in [1.29, 1.82) is 0 Å². The number of esters is 1. The number of carbonyl (C=O) groups is 1. The van der Waals surface area contributed by atoms with E-state index in [1.165, 1.54) is 141 Å². The lowest BCUT2D eigenvalue weighted by atomic mass is 9.56. The fourth-order valence-electron chi connectivity index (χ4n) is 27.4. The summed E-state index contributed by atoms with van der Waals surface area (Å²) < 4.78 is 8.33. The Morgan fingerprint density at radius 1 is 0.224 bits per heavy atom. The summed E-state index contributed by atoms with van der Waals surface area (Å²) in [4.78, 5) is 16.2. The van der Waals surface area contributed by atoms with Gasteiger partial charge in [0.25, 0.3) is 0 Å². The van der Waals surface area contributed by atoms with Gasteiger partial charge < -0.3 is 4.74 Å². The summed E-state index contributed by atoms with van der Waals surface area (Å²) in [7, 11) is 0. The summed E-state index contributed by atoms with van der Waals surface area (Å²) in [6.07, 6.45) is 24.7. The SMILES string of the molecule is CCCCCCCCCCCC(=O)OC12c3c4c5c6c7c8c9c%10c(c1c1c%11c2c2c%12c3c5c3c5c6c6c7c7c9c9c%13c%10c1c1c%10c%11c%11c2c2c%12c3c3c5c5c6c6c7c9c7c(c%131)c1c%10c%11c9c2c3c2c9c1c7c6c52)C48CCCCCCCCCCC. The molecule has 0 heterocycles. The predicted molar refractivity (Wildman–Crippen MR) is 362 cm³/mol. The molecular formula is C83H46O2. The van der Waals surface area contributed by atoms with Crippen LogP contribution in [0, 0.1) is 0 Å². The zero-order chi connectivity index (χ0) is 52.9. The van der Waals surface area contributed by atoms with Gasteiger partial charge in [0.1, 0.15) is 0 Å². The second-order valence-electron chi connectivity index (χ2n) is 31.0. The first-order valence-electron chi connectivity index (χ1n) is 34.2. The lowest BCUT2D eigenvalue weighted by molar-refractivity contribution is -0.153. The molecule has 2 heteroatoms. The van der Waals surface area contributed by atoms with Crippen molar-refractivity contribution in [2.75, 3.05) is 0 Å². The van der Waals surface area contributed by atoms with Gasteiger partial charge in [0.05, 0.1) is 0 Å². The number of hydrogen-bond acceptors (Lipinski definition) is 2. The fraction of sp³-hybridized carbons (Fsp3) is 0.289. The van der Waals surface area contributed by atoms with Gasteiger partial charge in [-0.1, -0.05) is 123 Å². The van der Waals surface area contributed by atoms with Crippen molar-refractivity contribution in [3.8, 4) is 0 Å². The Balaban J connectivity index is 0.871. The van der Waals surface area contributed by atoms with Crippen molar-refractivity contribution in [1.82, 2.24) is 0 Å². The van der Waals surface area contributed by atoms with Gasteiger partial charge in [0.2, 0.25) is 0 Å². The normalized spacial score (nSPS) is 20.0. The Morgan fingerprint density at radius 3 is 0.753 bits per heavy atom. The second kappa shape index (κ2) is 10.5. The largest absolute Gasteiger partial charge is 0.444 e. The molecule has 0 saturated heterocycles. The van der Waals surface area contributed by atoms with Gasteiger partial charge in [-0.25, -0.2) is 0 Å². The Morgan fingerprint density at radius 2 is 0.424 bits per heavy atom. The molecule has 0 radical (unpaired) electrons. The van der Waals surface area contributed by atoms with Crippen LogP contribution in [0.4, 0.5) is 0 Å². The maximum atomic E-state index is 16.2. The van der Waals surface area contributed by atoms with Crippen molar-refractivity contribution in [3.05, 3.63) is 33.4 Å². The Kier molecular flexibility index (Phi) is 4.77. The van der Waals surface area contributed by atoms with E-state index in [1.807, 2.05) is 0 Å². The number of benzene rings is 17. The van der Waals surface area contributed by atoms with E-state index in [4.69, 9.17) is 4.74 Å². The molecule has 27 aromatic rings. The minimum Gasteiger partial charge on any atom is -0.444 e. The molecule has 0 amide bonds. The van der Waals surface area contributed by atoms with Crippen molar-refractivity contribution >= 4 is 286 Å². The Labute approximate surface area is 479 Å². The van der Waals surface area contributed by atoms with Crippen LogP contribution in [0.3, 0.4) is 0 Å². The van der Waals surface area contributed by atoms with Gasteiger partial charge in [0.15, 0.2) is 5.60 Å². The van der Waals surface area contributed by atoms with Gasteiger partial charge in [-0.3, -0.25) is 4.79 Å². The van der Waals surface area contributed by atoms with E-state index in [-0.39, 0.29) is 11.4 Å². The molecule has 0 saturated carbocycles. The molecule has 0 bridgehead atoms. The Hall–Kier alpha value is -8.07. The van der Waals surface area contributed by atoms with Crippen LogP contribution in [0.15, 0.2) is 0 Å². The van der Waals surface area contributed by atoms with Gasteiger partial charge in [-0.15, -0.1) is 0 Å². The van der Waals surface area contributed by atoms with Crippen LogP contribution in [0.25, 0.3) is 280 Å². The van der Waals surface area contributed by atoms with E-state index in [0.29, 0.717) is 6.42 Å². The van der Waals surface area contributed by atoms with E-state index >= 15 is 4.79 Å². The average molecular weight is 1080 g/mol. The topological polar surface area (TPSA) is 26.3 Å². The third-order valence-electron chi connectivity index (χ3n) is 28.7. The number of carbonyl (C=O) groups excluding carboxylic acids is 1. The molecule has 32 rings (SSSR count). The summed E-state index contributed by atoms with van der Waals surface area (Å²) in [5.41, 5.74) is 7.91. The first-order valence-corrected chi connectivity index (χ1v) is 34.2. The van der Waals surface area contributed by atoms with Crippen LogP contribution in [-0.4, -0.2) is 5.97 Å². The minimum atomic E-state index is -1.03. The zero-order valence-corrected chi connectivity index (χ0v) is 47.5. The molecule has 0 fully saturated rings. The molecule has 5 aliphatic carbocycles. The molecule has 0 spiro atoms. The molecule has 0 N–H and O–H groups in total. The number of unbranched alkanes of at least 4 members (excludes halogenated alkanes) is 16. The lowest BCUT2D eigenvalue weighted by Crippen LogP contribution is -2.45. The average Bonchev–Trinajstić information content (AvgIpc) is 1.39. The highest BCUT2D eigenvalue weighted by Crippen LogP contribution is 2.84. The van der Waals surface area contributed by atoms with Crippen LogP contribution in [0.5, 0.6) is 0 Å². The monoisotopic (exact) mass is 1070 g/mol. The summed E-state index contributed by atoms with van der Waals surface area (Å²) in [6, 6.07) is 0. The molecule has 85 heavy (non-hydrogen) atoms. The van der Waals surface area contributed by atoms with Crippen LogP contribution in [0.1, 0.15) is 176 Å². The first kappa shape index (κ1) is 38.8. The number of rotatable bonds is 21. The van der Waals surface area contributed by atoms with Crippen LogP contribution in [-0.2, 0) is 20.5 Å². The van der Waals surface area contributed by atoms with Crippen molar-refractivity contribution in [3.63, 3.8) is 0 Å². The molecule has 0 aliphatic heterocycles. The summed E-state index contributed by atoms with van der Waals surface area (Å²) in [6.45, 7) is 4.67. The first-order chi connectivity index (χ1) is 42.2. The predicted octanol–water partition coefficient (Wildman–Crippen LogP) is 24.3. The highest BCUT2D eigenvalue weighted by atomic mass is 16.6. The van der Waals surface area contributed by atoms with Gasteiger partial charge in [-0.05, 0) is 304 Å². The zero-order valence-electron chi connectivity index (χ0n) is 47.5. The maximum Gasteiger partial charge on any atom is 0.307 e. The summed E-state index contributed by atoms with van der Waals surface area (Å²) in [5.74, 6) is 0.0379. The fourth-order valence-corrected chi connectivity index (χ4v) is 27.4. The maximum absolute atomic E-state index is 16.2. The second-order valence-corrected chi connectivity index (χ2v) is 31.0. The summed E-state index contributed by atoms with van der Waals surface area (Å²) in [5, 5.41) is 83.5. The summed E-state index contributed by atoms with van der Waals surface area (Å²) >= 11 is 0. The molecule has 2 unspecified atom stereocenters. The molecule has 0 aromatic heterocycles. The third kappa shape index (κ3) is 2.70. The standard InChI is InChI=1S/C83H46O2/c1-3-5-7-9-11-13-15-17-19-21-23(84)85-83-77-69-60-53-40-33-27-26-28-24-25-29(27)38(40)44-42-31(25)34-30(24)41-43-37(28)39-32(26)35-36(33)47-54-46(35)55-52(39)59-57(43)61-48(41)50-45(34)51-49(42)62(58(44)60)73(77)75-64(51)63(50)74-72(61)76-68(59)65(55)70-67(54)71(66(69)56(47)53)80(83)78(70)82(76,79(74)81(75)83)22-20-18-16-14-12-10-8-6-4-2/h3-22H2,1-2H3. The van der Waals surface area contributed by atoms with Gasteiger partial charge in [0, 0.05) is 33.9 Å². The smallest absolute Gasteiger partial charge is 0.307 e. The van der Waals surface area contributed by atoms with Gasteiger partial charge in [-0.2, -0.15) is 0 Å². The van der Waals surface area contributed by atoms with E-state index < -0.39 is 5.60 Å². The van der Waals surface area contributed by atoms with E-state index in [1.54, 1.807) is 275 Å². The molecular weight excluding hydrogens is 1030 g/mol. The van der Waals surface area contributed by atoms with Crippen LogP contribution in [0.2, 0.25) is 0 Å². The molecule has 390 valence electrons. The number of ether oxygens (including phenoxy) is 1. The molecule has 27 aromatic carbocycles. The van der Waals surface area contributed by atoms with Crippen LogP contribution < -0.4 is 0 Å². The lowest BCUT2D eigenvalue weighted by Gasteiger charge is -2.48. The molecule has 2 atom stereocenters. The van der Waals surface area contributed by atoms with E-state index in [0.717, 1.165) is 19.3 Å². The highest BCUT2D eigenvalue weighted by molar-refractivity contribution is 6.81. The van der Waals surface area contributed by atoms with Gasteiger partial charge >= 0.3 is 5.97 Å². The molecule has 5 aliphatic rings. The van der Waals surface area contributed by atoms with E-state index in [2.05, 4.69) is 13.8 Å². The minimum absolute atomic E-state index is 0.0379. The third-order valence-corrected chi connectivity index (χ3v) is 28.7. The molecule has 2 nitrogen and oxygen atoms in total.